The lowest BCUT2D eigenvalue weighted by atomic mass is 10.1. The van der Waals surface area contributed by atoms with Crippen LogP contribution in [-0.4, -0.2) is 36.6 Å². The first-order valence-electron chi connectivity index (χ1n) is 6.37. The minimum atomic E-state index is -0.408. The van der Waals surface area contributed by atoms with Crippen molar-refractivity contribution in [2.45, 2.75) is 13.0 Å². The Morgan fingerprint density at radius 3 is 2.85 bits per heavy atom. The zero-order chi connectivity index (χ0) is 13.8. The van der Waals surface area contributed by atoms with E-state index in [1.54, 1.807) is 12.1 Å². The van der Waals surface area contributed by atoms with Gasteiger partial charge in [-0.15, -0.1) is 12.4 Å². The van der Waals surface area contributed by atoms with E-state index in [-0.39, 0.29) is 18.1 Å². The second-order valence-corrected chi connectivity index (χ2v) is 4.89. The molecule has 0 bridgehead atoms. The minimum Gasteiger partial charge on any atom is -0.490 e. The van der Waals surface area contributed by atoms with Crippen LogP contribution < -0.4 is 10.5 Å². The quantitative estimate of drug-likeness (QED) is 0.662. The van der Waals surface area contributed by atoms with Crippen LogP contribution in [0.25, 0.3) is 0 Å². The first-order valence-corrected chi connectivity index (χ1v) is 6.37. The van der Waals surface area contributed by atoms with Crippen LogP contribution in [0.5, 0.6) is 5.75 Å². The molecule has 1 aliphatic rings. The molecule has 1 unspecified atom stereocenters. The van der Waals surface area contributed by atoms with Gasteiger partial charge in [-0.2, -0.15) is 0 Å². The fourth-order valence-electron chi connectivity index (χ4n) is 2.48. The van der Waals surface area contributed by atoms with Crippen LogP contribution in [-0.2, 0) is 6.54 Å². The molecule has 0 amide bonds. The number of halogens is 1. The van der Waals surface area contributed by atoms with Gasteiger partial charge < -0.3 is 10.5 Å². The molecule has 1 atom stereocenters. The molecule has 0 aliphatic carbocycles. The summed E-state index contributed by atoms with van der Waals surface area (Å²) in [5.41, 5.74) is 6.62. The van der Waals surface area contributed by atoms with Crippen LogP contribution >= 0.6 is 12.4 Å². The van der Waals surface area contributed by atoms with E-state index in [9.17, 15) is 10.1 Å². The Balaban J connectivity index is 0.00000200. The lowest BCUT2D eigenvalue weighted by Gasteiger charge is -2.15. The summed E-state index contributed by atoms with van der Waals surface area (Å²) >= 11 is 0. The molecule has 1 fully saturated rings. The summed E-state index contributed by atoms with van der Waals surface area (Å²) in [6, 6.07) is 5.13. The molecule has 20 heavy (non-hydrogen) atoms. The number of ether oxygens (including phenoxy) is 1. The third-order valence-corrected chi connectivity index (χ3v) is 3.55. The Kier molecular flexibility index (Phi) is 6.19. The van der Waals surface area contributed by atoms with Gasteiger partial charge in [-0.25, -0.2) is 0 Å². The smallest absolute Gasteiger partial charge is 0.311 e. The largest absolute Gasteiger partial charge is 0.490 e. The first kappa shape index (κ1) is 16.7. The molecule has 0 aromatic heterocycles. The van der Waals surface area contributed by atoms with Gasteiger partial charge in [0.15, 0.2) is 5.75 Å². The Morgan fingerprint density at radius 1 is 1.55 bits per heavy atom. The van der Waals surface area contributed by atoms with Gasteiger partial charge in [-0.05, 0) is 37.1 Å². The third kappa shape index (κ3) is 3.82. The van der Waals surface area contributed by atoms with Crippen molar-refractivity contribution in [2.75, 3.05) is 26.7 Å². The number of nitrogens with zero attached hydrogens (tertiary/aromatic N) is 2. The monoisotopic (exact) mass is 301 g/mol. The maximum Gasteiger partial charge on any atom is 0.311 e. The number of likely N-dealkylation sites (tertiary alicyclic amines) is 1. The van der Waals surface area contributed by atoms with Crippen LogP contribution in [0.4, 0.5) is 5.69 Å². The summed E-state index contributed by atoms with van der Waals surface area (Å²) in [6.07, 6.45) is 1.11. The molecule has 1 heterocycles. The number of rotatable bonds is 5. The molecular weight excluding hydrogens is 282 g/mol. The molecule has 2 N–H and O–H groups in total. The fourth-order valence-corrected chi connectivity index (χ4v) is 2.48. The maximum absolute atomic E-state index is 11.0. The average Bonchev–Trinajstić information content (AvgIpc) is 2.86. The van der Waals surface area contributed by atoms with Crippen molar-refractivity contribution in [1.29, 1.82) is 0 Å². The van der Waals surface area contributed by atoms with Crippen LogP contribution in [0.15, 0.2) is 18.2 Å². The molecule has 1 aromatic carbocycles. The van der Waals surface area contributed by atoms with Gasteiger partial charge in [0.05, 0.1) is 12.0 Å². The summed E-state index contributed by atoms with van der Waals surface area (Å²) in [6.45, 7) is 3.40. The van der Waals surface area contributed by atoms with E-state index in [1.807, 2.05) is 6.07 Å². The van der Waals surface area contributed by atoms with E-state index in [0.29, 0.717) is 18.2 Å². The van der Waals surface area contributed by atoms with Crippen molar-refractivity contribution in [3.05, 3.63) is 33.9 Å². The molecule has 6 nitrogen and oxygen atoms in total. The summed E-state index contributed by atoms with van der Waals surface area (Å²) in [5.74, 6) is 0.850. The van der Waals surface area contributed by atoms with Crippen molar-refractivity contribution < 1.29 is 9.66 Å². The van der Waals surface area contributed by atoms with Crippen LogP contribution in [0.3, 0.4) is 0 Å². The molecule has 1 aromatic rings. The fraction of sp³-hybridized carbons (Fsp3) is 0.538. The predicted octanol–water partition coefficient (Wildman–Crippen LogP) is 1.81. The molecule has 0 saturated carbocycles. The number of nitrogens with two attached hydrogens (primary N) is 1. The van der Waals surface area contributed by atoms with Gasteiger partial charge in [-0.3, -0.25) is 15.0 Å². The first-order chi connectivity index (χ1) is 9.13. The Labute approximate surface area is 124 Å². The highest BCUT2D eigenvalue weighted by Gasteiger charge is 2.22. The standard InChI is InChI=1S/C13H19N3O3.ClH/c1-19-13-3-2-10(6-12(13)16(17)18)8-15-5-4-11(7-14)9-15;/h2-3,6,11H,4-5,7-9,14H2,1H3;1H. The summed E-state index contributed by atoms with van der Waals surface area (Å²) < 4.78 is 4.99. The maximum atomic E-state index is 11.0. The normalized spacial score (nSPS) is 18.6. The zero-order valence-corrected chi connectivity index (χ0v) is 12.3. The average molecular weight is 302 g/mol. The topological polar surface area (TPSA) is 81.6 Å². The predicted molar refractivity (Wildman–Crippen MR) is 79.3 cm³/mol. The number of benzene rings is 1. The summed E-state index contributed by atoms with van der Waals surface area (Å²) in [5, 5.41) is 11.0. The van der Waals surface area contributed by atoms with Crippen molar-refractivity contribution in [3.8, 4) is 5.75 Å². The van der Waals surface area contributed by atoms with Crippen molar-refractivity contribution in [3.63, 3.8) is 0 Å². The van der Waals surface area contributed by atoms with E-state index in [0.717, 1.165) is 31.6 Å². The molecule has 2 rings (SSSR count). The minimum absolute atomic E-state index is 0. The molecular formula is C13H20ClN3O3. The van der Waals surface area contributed by atoms with E-state index in [2.05, 4.69) is 4.90 Å². The van der Waals surface area contributed by atoms with Crippen LogP contribution in [0.2, 0.25) is 0 Å². The van der Waals surface area contributed by atoms with Gasteiger partial charge in [0.2, 0.25) is 0 Å². The van der Waals surface area contributed by atoms with Crippen molar-refractivity contribution >= 4 is 18.1 Å². The summed E-state index contributed by atoms with van der Waals surface area (Å²) in [7, 11) is 1.44. The zero-order valence-electron chi connectivity index (χ0n) is 11.4. The third-order valence-electron chi connectivity index (χ3n) is 3.55. The van der Waals surface area contributed by atoms with Gasteiger partial charge in [-0.1, -0.05) is 6.07 Å². The summed E-state index contributed by atoms with van der Waals surface area (Å²) in [4.78, 5) is 12.8. The van der Waals surface area contributed by atoms with Crippen molar-refractivity contribution in [2.24, 2.45) is 11.7 Å². The molecule has 7 heteroatoms. The van der Waals surface area contributed by atoms with Gasteiger partial charge >= 0.3 is 5.69 Å². The Morgan fingerprint density at radius 2 is 2.30 bits per heavy atom. The second-order valence-electron chi connectivity index (χ2n) is 4.89. The molecule has 112 valence electrons. The highest BCUT2D eigenvalue weighted by Crippen LogP contribution is 2.28. The van der Waals surface area contributed by atoms with E-state index >= 15 is 0 Å². The van der Waals surface area contributed by atoms with E-state index < -0.39 is 4.92 Å². The van der Waals surface area contributed by atoms with Crippen LogP contribution in [0, 0.1) is 16.0 Å². The number of hydrogen-bond donors (Lipinski definition) is 1. The number of hydrogen-bond acceptors (Lipinski definition) is 5. The number of nitro benzene ring substituents is 1. The highest BCUT2D eigenvalue weighted by atomic mass is 35.5. The molecule has 0 spiro atoms. The van der Waals surface area contributed by atoms with Crippen molar-refractivity contribution in [1.82, 2.24) is 4.90 Å². The Bertz CT molecular complexity index is 470. The molecule has 1 aliphatic heterocycles. The van der Waals surface area contributed by atoms with Gasteiger partial charge in [0.25, 0.3) is 0 Å². The van der Waals surface area contributed by atoms with Crippen LogP contribution in [0.1, 0.15) is 12.0 Å². The van der Waals surface area contributed by atoms with Gasteiger partial charge in [0.1, 0.15) is 0 Å². The lowest BCUT2D eigenvalue weighted by Crippen LogP contribution is -2.22. The van der Waals surface area contributed by atoms with Gasteiger partial charge in [0, 0.05) is 19.2 Å². The SMILES string of the molecule is COc1ccc(CN2CCC(CN)C2)cc1[N+](=O)[O-].Cl. The molecule has 0 radical (unpaired) electrons. The second kappa shape index (κ2) is 7.42. The number of methoxy groups -OCH3 is 1. The highest BCUT2D eigenvalue weighted by molar-refractivity contribution is 5.85. The molecule has 1 saturated heterocycles. The Hall–Kier alpha value is -1.37. The van der Waals surface area contributed by atoms with E-state index in [4.69, 9.17) is 10.5 Å². The number of nitro groups is 1. The van der Waals surface area contributed by atoms with E-state index in [1.165, 1.54) is 7.11 Å². The lowest BCUT2D eigenvalue weighted by molar-refractivity contribution is -0.385.